The molecule has 0 spiro atoms. The van der Waals surface area contributed by atoms with Crippen LogP contribution in [0.25, 0.3) is 22.5 Å². The van der Waals surface area contributed by atoms with Crippen LogP contribution in [0.4, 0.5) is 11.5 Å². The number of hydrogen-bond acceptors (Lipinski definition) is 5. The van der Waals surface area contributed by atoms with Crippen molar-refractivity contribution < 1.29 is 9.90 Å². The number of nitrogens with two attached hydrogens (primary N) is 1. The maximum atomic E-state index is 12.7. The minimum atomic E-state index is -0.184. The highest BCUT2D eigenvalue weighted by Crippen LogP contribution is 2.29. The number of carbonyl (C=O) groups is 1. The van der Waals surface area contributed by atoms with Gasteiger partial charge in [-0.3, -0.25) is 4.79 Å². The molecule has 154 valence electrons. The van der Waals surface area contributed by atoms with Crippen LogP contribution in [-0.2, 0) is 11.2 Å². The van der Waals surface area contributed by atoms with Crippen molar-refractivity contribution in [1.82, 2.24) is 9.97 Å². The Morgan fingerprint density at radius 2 is 1.58 bits per heavy atom. The Balaban J connectivity index is 1.67. The topological polar surface area (TPSA) is 101 Å². The lowest BCUT2D eigenvalue weighted by molar-refractivity contribution is -0.115. The van der Waals surface area contributed by atoms with Gasteiger partial charge in [0.1, 0.15) is 11.4 Å². The Kier molecular flexibility index (Phi) is 6.13. The molecule has 0 aliphatic heterocycles. The van der Waals surface area contributed by atoms with Crippen LogP contribution in [0.2, 0.25) is 0 Å². The minimum absolute atomic E-state index is 0.149. The highest BCUT2D eigenvalue weighted by atomic mass is 127. The van der Waals surface area contributed by atoms with Crippen molar-refractivity contribution in [2.75, 3.05) is 11.1 Å². The minimum Gasteiger partial charge on any atom is -0.508 e. The maximum absolute atomic E-state index is 12.7. The number of nitrogens with zero attached hydrogens (tertiary/aromatic N) is 2. The van der Waals surface area contributed by atoms with Crippen LogP contribution in [0.3, 0.4) is 0 Å². The highest BCUT2D eigenvalue weighted by molar-refractivity contribution is 14.1. The second kappa shape index (κ2) is 9.13. The van der Waals surface area contributed by atoms with Crippen LogP contribution in [-0.4, -0.2) is 21.0 Å². The summed E-state index contributed by atoms with van der Waals surface area (Å²) in [4.78, 5) is 21.9. The van der Waals surface area contributed by atoms with E-state index in [1.807, 2.05) is 36.4 Å². The summed E-state index contributed by atoms with van der Waals surface area (Å²) in [7, 11) is 0. The van der Waals surface area contributed by atoms with E-state index >= 15 is 0 Å². The lowest BCUT2D eigenvalue weighted by atomic mass is 10.1. The summed E-state index contributed by atoms with van der Waals surface area (Å²) in [6.07, 6.45) is 1.85. The van der Waals surface area contributed by atoms with Gasteiger partial charge < -0.3 is 16.2 Å². The molecule has 1 amide bonds. The molecule has 0 atom stereocenters. The number of anilines is 2. The number of phenolic OH excluding ortho intramolecular Hbond substituents is 1. The SMILES string of the molecule is Nc1ccc(-c2cnc(NC(=O)Cc3ccc(I)cc3)c(-c3ccc(O)cc3)n2)cc1. The van der Waals surface area contributed by atoms with E-state index in [-0.39, 0.29) is 18.1 Å². The van der Waals surface area contributed by atoms with Crippen LogP contribution >= 0.6 is 22.6 Å². The number of benzene rings is 3. The van der Waals surface area contributed by atoms with E-state index in [1.165, 1.54) is 0 Å². The van der Waals surface area contributed by atoms with Gasteiger partial charge in [0.15, 0.2) is 5.82 Å². The van der Waals surface area contributed by atoms with Gasteiger partial charge in [0, 0.05) is 20.4 Å². The number of phenols is 1. The molecule has 0 unspecified atom stereocenters. The molecule has 6 nitrogen and oxygen atoms in total. The van der Waals surface area contributed by atoms with E-state index in [0.717, 1.165) is 20.3 Å². The van der Waals surface area contributed by atoms with Crippen LogP contribution in [0.5, 0.6) is 5.75 Å². The van der Waals surface area contributed by atoms with Gasteiger partial charge in [-0.1, -0.05) is 24.3 Å². The molecule has 0 aliphatic rings. The van der Waals surface area contributed by atoms with Crippen molar-refractivity contribution in [3.05, 3.63) is 88.1 Å². The molecular formula is C24H19IN4O2. The van der Waals surface area contributed by atoms with Gasteiger partial charge in [0.25, 0.3) is 0 Å². The van der Waals surface area contributed by atoms with E-state index in [1.54, 1.807) is 42.6 Å². The molecule has 4 N–H and O–H groups in total. The number of nitrogens with one attached hydrogen (secondary N) is 1. The molecule has 7 heteroatoms. The summed E-state index contributed by atoms with van der Waals surface area (Å²) >= 11 is 2.23. The molecule has 0 fully saturated rings. The number of aromatic nitrogens is 2. The Hall–Kier alpha value is -3.46. The molecule has 1 aromatic heterocycles. The van der Waals surface area contributed by atoms with Crippen LogP contribution < -0.4 is 11.1 Å². The summed E-state index contributed by atoms with van der Waals surface area (Å²) < 4.78 is 1.11. The molecular weight excluding hydrogens is 503 g/mol. The lowest BCUT2D eigenvalue weighted by Crippen LogP contribution is -2.16. The van der Waals surface area contributed by atoms with Crippen LogP contribution in [0, 0.1) is 3.57 Å². The van der Waals surface area contributed by atoms with Gasteiger partial charge in [-0.15, -0.1) is 0 Å². The summed E-state index contributed by atoms with van der Waals surface area (Å²) in [5.74, 6) is 0.326. The van der Waals surface area contributed by atoms with Gasteiger partial charge >= 0.3 is 0 Å². The highest BCUT2D eigenvalue weighted by Gasteiger charge is 2.14. The normalized spacial score (nSPS) is 10.6. The summed E-state index contributed by atoms with van der Waals surface area (Å²) in [6, 6.07) is 21.7. The van der Waals surface area contributed by atoms with E-state index in [2.05, 4.69) is 32.9 Å². The number of nitrogen functional groups attached to an aromatic ring is 1. The first-order valence-corrected chi connectivity index (χ1v) is 10.6. The number of amides is 1. The average Bonchev–Trinajstić information content (AvgIpc) is 2.77. The fraction of sp³-hybridized carbons (Fsp3) is 0.0417. The lowest BCUT2D eigenvalue weighted by Gasteiger charge is -2.12. The second-order valence-corrected chi connectivity index (χ2v) is 8.22. The zero-order valence-corrected chi connectivity index (χ0v) is 18.6. The largest absolute Gasteiger partial charge is 0.508 e. The Morgan fingerprint density at radius 1 is 0.935 bits per heavy atom. The number of hydrogen-bond donors (Lipinski definition) is 3. The van der Waals surface area contributed by atoms with Crippen molar-refractivity contribution in [1.29, 1.82) is 0 Å². The van der Waals surface area contributed by atoms with Gasteiger partial charge in [-0.05, 0) is 76.7 Å². The van der Waals surface area contributed by atoms with Crippen LogP contribution in [0.1, 0.15) is 5.56 Å². The summed E-state index contributed by atoms with van der Waals surface area (Å²) in [5, 5.41) is 12.5. The third-order valence-electron chi connectivity index (χ3n) is 4.66. The summed E-state index contributed by atoms with van der Waals surface area (Å²) in [5.41, 5.74) is 10.1. The van der Waals surface area contributed by atoms with E-state index in [0.29, 0.717) is 22.9 Å². The molecule has 3 aromatic carbocycles. The maximum Gasteiger partial charge on any atom is 0.230 e. The van der Waals surface area contributed by atoms with Gasteiger partial charge in [0.05, 0.1) is 18.3 Å². The van der Waals surface area contributed by atoms with Gasteiger partial charge in [-0.2, -0.15) is 0 Å². The van der Waals surface area contributed by atoms with Gasteiger partial charge in [-0.25, -0.2) is 9.97 Å². The Bertz CT molecular complexity index is 1210. The van der Waals surface area contributed by atoms with E-state index in [9.17, 15) is 9.90 Å². The van der Waals surface area contributed by atoms with Crippen molar-refractivity contribution in [2.45, 2.75) is 6.42 Å². The zero-order valence-electron chi connectivity index (χ0n) is 16.4. The summed E-state index contributed by atoms with van der Waals surface area (Å²) in [6.45, 7) is 0. The monoisotopic (exact) mass is 522 g/mol. The standard InChI is InChI=1S/C24H19IN4O2/c25-18-7-1-15(2-8-18)13-22(31)29-24-23(17-5-11-20(30)12-6-17)28-21(14-27-24)16-3-9-19(26)10-4-16/h1-12,14,30H,13,26H2,(H,27,29,31). The fourth-order valence-corrected chi connectivity index (χ4v) is 3.42. The predicted molar refractivity (Wildman–Crippen MR) is 130 cm³/mol. The number of carbonyl (C=O) groups excluding carboxylic acids is 1. The smallest absolute Gasteiger partial charge is 0.230 e. The second-order valence-electron chi connectivity index (χ2n) is 6.97. The number of halogens is 1. The van der Waals surface area contributed by atoms with Crippen molar-refractivity contribution in [2.24, 2.45) is 0 Å². The predicted octanol–water partition coefficient (Wildman–Crippen LogP) is 4.88. The molecule has 1 heterocycles. The zero-order chi connectivity index (χ0) is 21.8. The number of rotatable bonds is 5. The van der Waals surface area contributed by atoms with Crippen molar-refractivity contribution in [3.63, 3.8) is 0 Å². The number of aromatic hydroxyl groups is 1. The van der Waals surface area contributed by atoms with E-state index in [4.69, 9.17) is 10.7 Å². The van der Waals surface area contributed by atoms with Crippen molar-refractivity contribution in [3.8, 4) is 28.3 Å². The third-order valence-corrected chi connectivity index (χ3v) is 5.37. The Labute approximate surface area is 193 Å². The molecule has 0 aliphatic carbocycles. The molecule has 0 bridgehead atoms. The molecule has 0 saturated heterocycles. The van der Waals surface area contributed by atoms with E-state index < -0.39 is 0 Å². The molecule has 4 rings (SSSR count). The molecule has 0 saturated carbocycles. The first-order chi connectivity index (χ1) is 15.0. The fourth-order valence-electron chi connectivity index (χ4n) is 3.06. The average molecular weight is 522 g/mol. The van der Waals surface area contributed by atoms with Gasteiger partial charge in [0.2, 0.25) is 5.91 Å². The first kappa shape index (κ1) is 20.8. The molecule has 0 radical (unpaired) electrons. The first-order valence-electron chi connectivity index (χ1n) is 9.54. The van der Waals surface area contributed by atoms with Crippen molar-refractivity contribution >= 4 is 40.0 Å². The quantitative estimate of drug-likeness (QED) is 0.256. The Morgan fingerprint density at radius 3 is 2.26 bits per heavy atom. The van der Waals surface area contributed by atoms with Crippen LogP contribution in [0.15, 0.2) is 79.0 Å². The molecule has 4 aromatic rings. The molecule has 31 heavy (non-hydrogen) atoms. The third kappa shape index (κ3) is 5.18.